The van der Waals surface area contributed by atoms with Crippen molar-refractivity contribution in [1.82, 2.24) is 15.1 Å². The number of carbonyl (C=O) groups excluding carboxylic acids is 1. The molecule has 0 aliphatic carbocycles. The minimum Gasteiger partial charge on any atom is -0.464 e. The van der Waals surface area contributed by atoms with Gasteiger partial charge in [0.2, 0.25) is 5.91 Å². The van der Waals surface area contributed by atoms with Gasteiger partial charge in [-0.1, -0.05) is 6.07 Å². The lowest BCUT2D eigenvalue weighted by Gasteiger charge is -2.42. The van der Waals surface area contributed by atoms with Crippen molar-refractivity contribution >= 4 is 16.9 Å². The fourth-order valence-electron chi connectivity index (χ4n) is 4.79. The smallest absolute Gasteiger partial charge is 0.224 e. The van der Waals surface area contributed by atoms with Crippen molar-refractivity contribution in [3.63, 3.8) is 0 Å². The first kappa shape index (κ1) is 20.4. The number of amides is 1. The van der Waals surface area contributed by atoms with E-state index in [1.165, 1.54) is 23.8 Å². The lowest BCUT2D eigenvalue weighted by Crippen LogP contribution is -2.50. The molecule has 29 heavy (non-hydrogen) atoms. The summed E-state index contributed by atoms with van der Waals surface area (Å²) in [6.45, 7) is 6.45. The predicted molar refractivity (Wildman–Crippen MR) is 114 cm³/mol. The van der Waals surface area contributed by atoms with E-state index in [0.29, 0.717) is 19.2 Å². The molecule has 1 aromatic carbocycles. The largest absolute Gasteiger partial charge is 0.464 e. The van der Waals surface area contributed by atoms with Crippen molar-refractivity contribution in [3.8, 4) is 0 Å². The maximum Gasteiger partial charge on any atom is 0.224 e. The number of hydrogen-bond donors (Lipinski definition) is 1. The summed E-state index contributed by atoms with van der Waals surface area (Å²) in [6, 6.07) is 9.13. The van der Waals surface area contributed by atoms with Gasteiger partial charge in [0.15, 0.2) is 0 Å². The molecule has 158 valence electrons. The van der Waals surface area contributed by atoms with Crippen molar-refractivity contribution in [1.29, 1.82) is 0 Å². The van der Waals surface area contributed by atoms with Crippen LogP contribution in [-0.4, -0.2) is 68.2 Å². The molecule has 3 heterocycles. The van der Waals surface area contributed by atoms with Crippen LogP contribution in [0, 0.1) is 5.92 Å². The molecule has 2 aliphatic rings. The molecule has 1 N–H and O–H groups in total. The van der Waals surface area contributed by atoms with Crippen LogP contribution in [-0.2, 0) is 16.1 Å². The van der Waals surface area contributed by atoms with Gasteiger partial charge in [-0.25, -0.2) is 0 Å². The second-order valence-corrected chi connectivity index (χ2v) is 8.42. The number of hydrogen-bond acceptors (Lipinski definition) is 5. The minimum absolute atomic E-state index is 0.125. The summed E-state index contributed by atoms with van der Waals surface area (Å²) < 4.78 is 10.5. The average Bonchev–Trinajstić information content (AvgIpc) is 3.22. The van der Waals surface area contributed by atoms with Gasteiger partial charge in [0, 0.05) is 38.2 Å². The zero-order chi connectivity index (χ0) is 20.1. The van der Waals surface area contributed by atoms with Crippen LogP contribution in [0.15, 0.2) is 34.9 Å². The van der Waals surface area contributed by atoms with Gasteiger partial charge >= 0.3 is 0 Å². The second-order valence-electron chi connectivity index (χ2n) is 8.42. The highest BCUT2D eigenvalue weighted by atomic mass is 16.5. The van der Waals surface area contributed by atoms with Gasteiger partial charge in [-0.2, -0.15) is 0 Å². The lowest BCUT2D eigenvalue weighted by atomic mass is 9.93. The number of carbonyl (C=O) groups is 1. The number of likely N-dealkylation sites (tertiary alicyclic amines) is 2. The van der Waals surface area contributed by atoms with Crippen LogP contribution >= 0.6 is 0 Å². The van der Waals surface area contributed by atoms with Crippen molar-refractivity contribution in [2.24, 2.45) is 5.92 Å². The van der Waals surface area contributed by atoms with Crippen molar-refractivity contribution < 1.29 is 13.9 Å². The summed E-state index contributed by atoms with van der Waals surface area (Å²) in [4.78, 5) is 17.5. The van der Waals surface area contributed by atoms with Gasteiger partial charge in [-0.15, -0.1) is 0 Å². The van der Waals surface area contributed by atoms with Crippen LogP contribution in [0.1, 0.15) is 31.2 Å². The highest BCUT2D eigenvalue weighted by molar-refractivity contribution is 5.79. The standard InChI is InChI=1S/C23H33N3O3/c1-28-14-9-24-23(27)20-3-2-10-26(17-20)21-6-11-25(12-7-21)16-18-4-5-22-19(15-18)8-13-29-22/h4-5,8,13,15,20-21H,2-3,6-7,9-12,14,16-17H2,1H3,(H,24,27)/t20-/m1/s1. The number of rotatable bonds is 7. The highest BCUT2D eigenvalue weighted by Crippen LogP contribution is 2.25. The molecular weight excluding hydrogens is 366 g/mol. The first-order valence-electron chi connectivity index (χ1n) is 10.9. The quantitative estimate of drug-likeness (QED) is 0.726. The van der Waals surface area contributed by atoms with Crippen molar-refractivity contribution in [3.05, 3.63) is 36.1 Å². The number of furan rings is 1. The summed E-state index contributed by atoms with van der Waals surface area (Å²) in [7, 11) is 1.66. The molecule has 0 radical (unpaired) electrons. The number of nitrogens with one attached hydrogen (secondary N) is 1. The molecule has 0 saturated carbocycles. The monoisotopic (exact) mass is 399 g/mol. The van der Waals surface area contributed by atoms with Crippen LogP contribution in [0.5, 0.6) is 0 Å². The molecule has 1 amide bonds. The second kappa shape index (κ2) is 9.74. The molecule has 0 spiro atoms. The Morgan fingerprint density at radius 3 is 2.90 bits per heavy atom. The summed E-state index contributed by atoms with van der Waals surface area (Å²) in [5.41, 5.74) is 2.31. The van der Waals surface area contributed by atoms with Gasteiger partial charge in [0.05, 0.1) is 18.8 Å². The van der Waals surface area contributed by atoms with Gasteiger partial charge in [0.25, 0.3) is 0 Å². The first-order chi connectivity index (χ1) is 14.2. The van der Waals surface area contributed by atoms with Crippen molar-refractivity contribution in [2.75, 3.05) is 46.4 Å². The number of fused-ring (bicyclic) bond motifs is 1. The molecule has 0 unspecified atom stereocenters. The maximum atomic E-state index is 12.4. The topological polar surface area (TPSA) is 58.0 Å². The fraction of sp³-hybridized carbons (Fsp3) is 0.609. The van der Waals surface area contributed by atoms with E-state index in [0.717, 1.165) is 51.1 Å². The van der Waals surface area contributed by atoms with Crippen LogP contribution < -0.4 is 5.32 Å². The zero-order valence-corrected chi connectivity index (χ0v) is 17.4. The average molecular weight is 400 g/mol. The molecule has 1 aromatic heterocycles. The molecule has 2 aliphatic heterocycles. The number of benzene rings is 1. The van der Waals surface area contributed by atoms with Gasteiger partial charge < -0.3 is 14.5 Å². The van der Waals surface area contributed by atoms with E-state index in [4.69, 9.17) is 9.15 Å². The van der Waals surface area contributed by atoms with E-state index in [1.54, 1.807) is 13.4 Å². The Kier molecular flexibility index (Phi) is 6.85. The third kappa shape index (κ3) is 5.18. The van der Waals surface area contributed by atoms with Crippen LogP contribution in [0.25, 0.3) is 11.0 Å². The number of methoxy groups -OCH3 is 1. The summed E-state index contributed by atoms with van der Waals surface area (Å²) in [5.74, 6) is 0.319. The summed E-state index contributed by atoms with van der Waals surface area (Å²) in [5, 5.41) is 4.20. The van der Waals surface area contributed by atoms with Crippen molar-refractivity contribution in [2.45, 2.75) is 38.3 Å². The molecule has 2 saturated heterocycles. The first-order valence-corrected chi connectivity index (χ1v) is 10.9. The Bertz CT molecular complexity index is 798. The molecular formula is C23H33N3O3. The van der Waals surface area contributed by atoms with E-state index in [-0.39, 0.29) is 11.8 Å². The number of ether oxygens (including phenoxy) is 1. The minimum atomic E-state index is 0.125. The SMILES string of the molecule is COCCNC(=O)[C@@H]1CCCN(C2CCN(Cc3ccc4occc4c3)CC2)C1. The molecule has 2 fully saturated rings. The van der Waals surface area contributed by atoms with E-state index in [9.17, 15) is 4.79 Å². The Morgan fingerprint density at radius 2 is 2.07 bits per heavy atom. The van der Waals surface area contributed by atoms with Crippen LogP contribution in [0.2, 0.25) is 0 Å². The third-order valence-corrected chi connectivity index (χ3v) is 6.43. The van der Waals surface area contributed by atoms with Gasteiger partial charge in [-0.3, -0.25) is 14.6 Å². The lowest BCUT2D eigenvalue weighted by molar-refractivity contribution is -0.127. The fourth-order valence-corrected chi connectivity index (χ4v) is 4.79. The van der Waals surface area contributed by atoms with Crippen LogP contribution in [0.3, 0.4) is 0 Å². The predicted octanol–water partition coefficient (Wildman–Crippen LogP) is 2.87. The Labute approximate surface area is 173 Å². The Balaban J connectivity index is 1.25. The summed E-state index contributed by atoms with van der Waals surface area (Å²) >= 11 is 0. The van der Waals surface area contributed by atoms with E-state index >= 15 is 0 Å². The summed E-state index contributed by atoms with van der Waals surface area (Å²) in [6.07, 6.45) is 6.25. The number of piperidine rings is 2. The molecule has 2 aromatic rings. The molecule has 6 heteroatoms. The van der Waals surface area contributed by atoms with E-state index in [2.05, 4.69) is 33.3 Å². The Hall–Kier alpha value is -1.89. The maximum absolute atomic E-state index is 12.4. The molecule has 4 rings (SSSR count). The Morgan fingerprint density at radius 1 is 1.21 bits per heavy atom. The molecule has 0 bridgehead atoms. The zero-order valence-electron chi connectivity index (χ0n) is 17.4. The number of nitrogens with zero attached hydrogens (tertiary/aromatic N) is 2. The molecule has 6 nitrogen and oxygen atoms in total. The van der Waals surface area contributed by atoms with Gasteiger partial charge in [0.1, 0.15) is 5.58 Å². The van der Waals surface area contributed by atoms with Gasteiger partial charge in [-0.05, 0) is 69.1 Å². The normalized spacial score (nSPS) is 22.2. The molecule has 1 atom stereocenters. The van der Waals surface area contributed by atoms with E-state index in [1.807, 2.05) is 6.07 Å². The third-order valence-electron chi connectivity index (χ3n) is 6.43. The van der Waals surface area contributed by atoms with Crippen LogP contribution in [0.4, 0.5) is 0 Å². The highest BCUT2D eigenvalue weighted by Gasteiger charge is 2.31. The van der Waals surface area contributed by atoms with E-state index < -0.39 is 0 Å².